The minimum atomic E-state index is -0.462. The number of aliphatic hydroxyl groups is 1. The summed E-state index contributed by atoms with van der Waals surface area (Å²) in [5.74, 6) is 0.577. The maximum absolute atomic E-state index is 12.6. The molecule has 134 valence electrons. The Hall–Kier alpha value is -0.650. The first-order chi connectivity index (χ1) is 11.2. The van der Waals surface area contributed by atoms with E-state index in [9.17, 15) is 9.90 Å². The summed E-state index contributed by atoms with van der Waals surface area (Å²) in [5.41, 5.74) is 0. The third kappa shape index (κ3) is 6.40. The van der Waals surface area contributed by atoms with Crippen LogP contribution in [0.25, 0.3) is 0 Å². The van der Waals surface area contributed by atoms with E-state index in [4.69, 9.17) is 9.47 Å². The van der Waals surface area contributed by atoms with Crippen LogP contribution in [0.5, 0.6) is 0 Å². The molecule has 0 aromatic heterocycles. The van der Waals surface area contributed by atoms with Gasteiger partial charge in [-0.15, -0.1) is 0 Å². The fourth-order valence-corrected chi connectivity index (χ4v) is 3.61. The van der Waals surface area contributed by atoms with E-state index in [0.29, 0.717) is 19.1 Å². The van der Waals surface area contributed by atoms with Crippen molar-refractivity contribution in [2.45, 2.75) is 70.5 Å². The van der Waals surface area contributed by atoms with Gasteiger partial charge in [0.15, 0.2) is 0 Å². The van der Waals surface area contributed by atoms with Crippen molar-refractivity contribution in [3.63, 3.8) is 0 Å². The topological polar surface area (TPSA) is 59.0 Å². The molecule has 1 aliphatic carbocycles. The highest BCUT2D eigenvalue weighted by Crippen LogP contribution is 2.24. The van der Waals surface area contributed by atoms with Gasteiger partial charge in [0.1, 0.15) is 6.10 Å². The first kappa shape index (κ1) is 18.7. The molecule has 1 amide bonds. The van der Waals surface area contributed by atoms with E-state index in [2.05, 4.69) is 0 Å². The second-order valence-corrected chi connectivity index (χ2v) is 6.98. The Labute approximate surface area is 140 Å². The van der Waals surface area contributed by atoms with Gasteiger partial charge >= 0.3 is 0 Å². The zero-order valence-corrected chi connectivity index (χ0v) is 14.5. The Bertz CT molecular complexity index is 338. The Balaban J connectivity index is 1.77. The molecule has 2 fully saturated rings. The Morgan fingerprint density at radius 2 is 1.96 bits per heavy atom. The van der Waals surface area contributed by atoms with Crippen molar-refractivity contribution in [1.82, 2.24) is 4.90 Å². The molecule has 0 aromatic rings. The van der Waals surface area contributed by atoms with Crippen molar-refractivity contribution in [2.75, 3.05) is 32.9 Å². The summed E-state index contributed by atoms with van der Waals surface area (Å²) >= 11 is 0. The summed E-state index contributed by atoms with van der Waals surface area (Å²) < 4.78 is 11.4. The lowest BCUT2D eigenvalue weighted by Crippen LogP contribution is -2.44. The van der Waals surface area contributed by atoms with Crippen LogP contribution < -0.4 is 0 Å². The number of ether oxygens (including phenoxy) is 2. The van der Waals surface area contributed by atoms with Gasteiger partial charge in [0.05, 0.1) is 19.3 Å². The van der Waals surface area contributed by atoms with E-state index in [1.807, 2.05) is 6.92 Å². The highest BCUT2D eigenvalue weighted by molar-refractivity contribution is 5.80. The van der Waals surface area contributed by atoms with Gasteiger partial charge in [0.25, 0.3) is 5.91 Å². The molecule has 23 heavy (non-hydrogen) atoms. The molecular formula is C18H33NO4. The van der Waals surface area contributed by atoms with Crippen LogP contribution in [0, 0.1) is 5.92 Å². The number of carbonyl (C=O) groups excluding carboxylic acids is 1. The normalized spacial score (nSPS) is 24.3. The summed E-state index contributed by atoms with van der Waals surface area (Å²) in [6, 6.07) is 0. The van der Waals surface area contributed by atoms with E-state index < -0.39 is 6.10 Å². The van der Waals surface area contributed by atoms with Crippen molar-refractivity contribution in [2.24, 2.45) is 5.92 Å². The van der Waals surface area contributed by atoms with Crippen LogP contribution in [0.2, 0.25) is 0 Å². The molecule has 5 nitrogen and oxygen atoms in total. The van der Waals surface area contributed by atoms with E-state index in [1.54, 1.807) is 4.90 Å². The highest BCUT2D eigenvalue weighted by atomic mass is 16.5. The zero-order valence-electron chi connectivity index (χ0n) is 14.5. The van der Waals surface area contributed by atoms with Crippen molar-refractivity contribution >= 4 is 5.91 Å². The standard InChI is InChI=1S/C18H33NO4/c1-15(23-14-17-9-5-6-12-22-17)18(21)19(10-11-20)13-16-7-3-2-4-8-16/h15-17,20H,2-14H2,1H3/t15-,17-/m1/s1. The van der Waals surface area contributed by atoms with Crippen LogP contribution in [-0.4, -0.2) is 61.0 Å². The molecule has 1 heterocycles. The van der Waals surface area contributed by atoms with Crippen LogP contribution in [0.15, 0.2) is 0 Å². The fraction of sp³-hybridized carbons (Fsp3) is 0.944. The van der Waals surface area contributed by atoms with Gasteiger partial charge in [-0.05, 0) is 44.9 Å². The van der Waals surface area contributed by atoms with Gasteiger partial charge in [-0.2, -0.15) is 0 Å². The molecule has 1 aliphatic heterocycles. The number of aliphatic hydroxyl groups excluding tert-OH is 1. The minimum absolute atomic E-state index is 0.000401. The van der Waals surface area contributed by atoms with Crippen LogP contribution in [0.3, 0.4) is 0 Å². The lowest BCUT2D eigenvalue weighted by molar-refractivity contribution is -0.147. The molecule has 5 heteroatoms. The van der Waals surface area contributed by atoms with Crippen LogP contribution >= 0.6 is 0 Å². The van der Waals surface area contributed by atoms with Gasteiger partial charge < -0.3 is 19.5 Å². The minimum Gasteiger partial charge on any atom is -0.395 e. The van der Waals surface area contributed by atoms with Gasteiger partial charge in [0, 0.05) is 19.7 Å². The molecule has 2 rings (SSSR count). The van der Waals surface area contributed by atoms with Crippen molar-refractivity contribution in [1.29, 1.82) is 0 Å². The molecule has 1 saturated heterocycles. The number of hydrogen-bond acceptors (Lipinski definition) is 4. The lowest BCUT2D eigenvalue weighted by Gasteiger charge is -2.31. The summed E-state index contributed by atoms with van der Waals surface area (Å²) in [7, 11) is 0. The Morgan fingerprint density at radius 1 is 1.22 bits per heavy atom. The summed E-state index contributed by atoms with van der Waals surface area (Å²) in [4.78, 5) is 14.4. The quantitative estimate of drug-likeness (QED) is 0.743. The molecule has 1 saturated carbocycles. The molecule has 0 unspecified atom stereocenters. The largest absolute Gasteiger partial charge is 0.395 e. The smallest absolute Gasteiger partial charge is 0.251 e. The van der Waals surface area contributed by atoms with E-state index in [-0.39, 0.29) is 18.6 Å². The molecule has 2 aliphatic rings. The number of hydrogen-bond donors (Lipinski definition) is 1. The molecule has 1 N–H and O–H groups in total. The molecule has 0 bridgehead atoms. The SMILES string of the molecule is C[C@@H](OC[C@H]1CCCCO1)C(=O)N(CCO)CC1CCCCC1. The maximum atomic E-state index is 12.6. The van der Waals surface area contributed by atoms with Gasteiger partial charge in [-0.1, -0.05) is 19.3 Å². The van der Waals surface area contributed by atoms with Gasteiger partial charge in [-0.25, -0.2) is 0 Å². The van der Waals surface area contributed by atoms with Gasteiger partial charge in [0.2, 0.25) is 0 Å². The lowest BCUT2D eigenvalue weighted by atomic mass is 9.89. The highest BCUT2D eigenvalue weighted by Gasteiger charge is 2.25. The molecular weight excluding hydrogens is 294 g/mol. The molecule has 0 aromatic carbocycles. The van der Waals surface area contributed by atoms with Crippen LogP contribution in [0.1, 0.15) is 58.3 Å². The zero-order chi connectivity index (χ0) is 16.5. The monoisotopic (exact) mass is 327 g/mol. The van der Waals surface area contributed by atoms with Crippen molar-refractivity contribution in [3.05, 3.63) is 0 Å². The van der Waals surface area contributed by atoms with E-state index in [0.717, 1.165) is 26.0 Å². The van der Waals surface area contributed by atoms with Crippen LogP contribution in [0.4, 0.5) is 0 Å². The number of nitrogens with zero attached hydrogens (tertiary/aromatic N) is 1. The van der Waals surface area contributed by atoms with E-state index in [1.165, 1.54) is 38.5 Å². The predicted molar refractivity (Wildman–Crippen MR) is 89.2 cm³/mol. The molecule has 2 atom stereocenters. The Morgan fingerprint density at radius 3 is 2.61 bits per heavy atom. The maximum Gasteiger partial charge on any atom is 0.251 e. The second kappa shape index (κ2) is 10.3. The van der Waals surface area contributed by atoms with Crippen molar-refractivity contribution < 1.29 is 19.4 Å². The fourth-order valence-electron chi connectivity index (χ4n) is 3.61. The average molecular weight is 327 g/mol. The predicted octanol–water partition coefficient (Wildman–Crippen LogP) is 2.36. The van der Waals surface area contributed by atoms with E-state index >= 15 is 0 Å². The third-order valence-electron chi connectivity index (χ3n) is 5.04. The Kier molecular flexibility index (Phi) is 8.34. The number of amides is 1. The molecule has 0 radical (unpaired) electrons. The first-order valence-corrected chi connectivity index (χ1v) is 9.33. The third-order valence-corrected chi connectivity index (χ3v) is 5.04. The average Bonchev–Trinajstić information content (AvgIpc) is 2.60. The molecule has 0 spiro atoms. The van der Waals surface area contributed by atoms with Crippen LogP contribution in [-0.2, 0) is 14.3 Å². The first-order valence-electron chi connectivity index (χ1n) is 9.33. The second-order valence-electron chi connectivity index (χ2n) is 6.98. The summed E-state index contributed by atoms with van der Waals surface area (Å²) in [6.45, 7) is 4.28. The van der Waals surface area contributed by atoms with Gasteiger partial charge in [-0.3, -0.25) is 4.79 Å². The number of carbonyl (C=O) groups is 1. The summed E-state index contributed by atoms with van der Waals surface area (Å²) in [6.07, 6.45) is 9.20. The summed E-state index contributed by atoms with van der Waals surface area (Å²) in [5, 5.41) is 9.28. The number of rotatable bonds is 8. The van der Waals surface area contributed by atoms with Crippen molar-refractivity contribution in [3.8, 4) is 0 Å².